The summed E-state index contributed by atoms with van der Waals surface area (Å²) in [4.78, 5) is 0. The Kier molecular flexibility index (Phi) is 3.24. The molecule has 1 heterocycles. The number of aliphatic hydroxyl groups is 1. The molecule has 3 aromatic rings. The molecule has 0 bridgehead atoms. The third-order valence-corrected chi connectivity index (χ3v) is 4.25. The fraction of sp³-hybridized carbons (Fsp3) is 0.222. The number of benzene rings is 2. The quantitative estimate of drug-likeness (QED) is 0.807. The van der Waals surface area contributed by atoms with Crippen LogP contribution in [0.15, 0.2) is 48.7 Å². The van der Waals surface area contributed by atoms with Crippen molar-refractivity contribution in [1.82, 2.24) is 15.0 Å². The molecule has 0 unspecified atom stereocenters. The average molecular weight is 291 g/mol. The van der Waals surface area contributed by atoms with Crippen LogP contribution in [0.3, 0.4) is 0 Å². The highest BCUT2D eigenvalue weighted by Gasteiger charge is 2.12. The minimum atomic E-state index is 0.0345. The Labute approximate surface area is 129 Å². The smallest absolute Gasteiger partial charge is 0.113 e. The maximum absolute atomic E-state index is 9.24. The third kappa shape index (κ3) is 2.31. The zero-order valence-electron chi connectivity index (χ0n) is 12.2. The van der Waals surface area contributed by atoms with E-state index in [2.05, 4.69) is 28.5 Å². The van der Waals surface area contributed by atoms with E-state index >= 15 is 0 Å². The highest BCUT2D eigenvalue weighted by Crippen LogP contribution is 2.25. The van der Waals surface area contributed by atoms with Crippen LogP contribution in [0.25, 0.3) is 16.9 Å². The van der Waals surface area contributed by atoms with Gasteiger partial charge in [-0.1, -0.05) is 29.5 Å². The summed E-state index contributed by atoms with van der Waals surface area (Å²) in [7, 11) is 0. The van der Waals surface area contributed by atoms with Crippen molar-refractivity contribution in [2.45, 2.75) is 25.9 Å². The first-order valence-corrected chi connectivity index (χ1v) is 7.58. The van der Waals surface area contributed by atoms with E-state index < -0.39 is 0 Å². The maximum Gasteiger partial charge on any atom is 0.113 e. The lowest BCUT2D eigenvalue weighted by molar-refractivity contribution is 0.282. The summed E-state index contributed by atoms with van der Waals surface area (Å²) < 4.78 is 1.82. The highest BCUT2D eigenvalue weighted by atomic mass is 16.3. The first-order valence-electron chi connectivity index (χ1n) is 7.58. The van der Waals surface area contributed by atoms with Crippen molar-refractivity contribution in [3.8, 4) is 16.9 Å². The van der Waals surface area contributed by atoms with E-state index in [9.17, 15) is 5.11 Å². The van der Waals surface area contributed by atoms with E-state index in [0.717, 1.165) is 28.9 Å². The molecule has 0 atom stereocenters. The lowest BCUT2D eigenvalue weighted by Gasteiger charge is -2.04. The van der Waals surface area contributed by atoms with E-state index in [1.54, 1.807) is 0 Å². The number of aryl methyl sites for hydroxylation is 2. The van der Waals surface area contributed by atoms with Gasteiger partial charge in [0.2, 0.25) is 0 Å². The molecule has 4 nitrogen and oxygen atoms in total. The number of hydrogen-bond donors (Lipinski definition) is 1. The van der Waals surface area contributed by atoms with Crippen molar-refractivity contribution in [2.24, 2.45) is 0 Å². The van der Waals surface area contributed by atoms with Crippen molar-refractivity contribution in [2.75, 3.05) is 0 Å². The number of fused-ring (bicyclic) bond motifs is 1. The van der Waals surface area contributed by atoms with Crippen LogP contribution in [-0.2, 0) is 19.4 Å². The van der Waals surface area contributed by atoms with E-state index in [1.165, 1.54) is 24.0 Å². The highest BCUT2D eigenvalue weighted by molar-refractivity contribution is 5.59. The second kappa shape index (κ2) is 5.39. The molecule has 4 heteroatoms. The molecule has 0 fully saturated rings. The van der Waals surface area contributed by atoms with E-state index in [4.69, 9.17) is 0 Å². The molecule has 4 rings (SSSR count). The van der Waals surface area contributed by atoms with Crippen molar-refractivity contribution in [3.63, 3.8) is 0 Å². The summed E-state index contributed by atoms with van der Waals surface area (Å²) in [5.41, 5.74) is 6.61. The SMILES string of the molecule is OCc1cccc(-c2cn(-c3ccc4c(c3)CCC4)nn2)c1. The molecule has 0 saturated heterocycles. The van der Waals surface area contributed by atoms with Crippen LogP contribution in [0.1, 0.15) is 23.1 Å². The molecule has 0 amide bonds. The van der Waals surface area contributed by atoms with Gasteiger partial charge in [0, 0.05) is 5.56 Å². The van der Waals surface area contributed by atoms with Crippen LogP contribution in [-0.4, -0.2) is 20.1 Å². The van der Waals surface area contributed by atoms with Crippen molar-refractivity contribution in [1.29, 1.82) is 0 Å². The second-order valence-electron chi connectivity index (χ2n) is 5.71. The molecule has 22 heavy (non-hydrogen) atoms. The molecule has 110 valence electrons. The second-order valence-corrected chi connectivity index (χ2v) is 5.71. The lowest BCUT2D eigenvalue weighted by Crippen LogP contribution is -1.96. The summed E-state index contributed by atoms with van der Waals surface area (Å²) in [6, 6.07) is 14.3. The Morgan fingerprint density at radius 3 is 2.86 bits per heavy atom. The van der Waals surface area contributed by atoms with Crippen LogP contribution in [0.2, 0.25) is 0 Å². The van der Waals surface area contributed by atoms with Gasteiger partial charge in [-0.05, 0) is 54.2 Å². The predicted molar refractivity (Wildman–Crippen MR) is 84.7 cm³/mol. The fourth-order valence-corrected chi connectivity index (χ4v) is 3.05. The van der Waals surface area contributed by atoms with Crippen LogP contribution in [0.4, 0.5) is 0 Å². The molecule has 0 saturated carbocycles. The Balaban J connectivity index is 1.69. The van der Waals surface area contributed by atoms with Crippen molar-refractivity contribution >= 4 is 0 Å². The average Bonchev–Trinajstić information content (AvgIpc) is 3.23. The van der Waals surface area contributed by atoms with Gasteiger partial charge in [-0.25, -0.2) is 4.68 Å². The summed E-state index contributed by atoms with van der Waals surface area (Å²) in [5, 5.41) is 17.8. The van der Waals surface area contributed by atoms with E-state index in [0.29, 0.717) is 0 Å². The van der Waals surface area contributed by atoms with Gasteiger partial charge in [0.15, 0.2) is 0 Å². The largest absolute Gasteiger partial charge is 0.392 e. The molecule has 1 N–H and O–H groups in total. The minimum absolute atomic E-state index is 0.0345. The molecule has 1 aliphatic rings. The van der Waals surface area contributed by atoms with Gasteiger partial charge in [-0.3, -0.25) is 0 Å². The van der Waals surface area contributed by atoms with Crippen LogP contribution in [0, 0.1) is 0 Å². The summed E-state index contributed by atoms with van der Waals surface area (Å²) >= 11 is 0. The normalized spacial score (nSPS) is 13.3. The molecule has 0 aliphatic heterocycles. The topological polar surface area (TPSA) is 50.9 Å². The zero-order chi connectivity index (χ0) is 14.9. The van der Waals surface area contributed by atoms with Crippen LogP contribution >= 0.6 is 0 Å². The third-order valence-electron chi connectivity index (χ3n) is 4.25. The molecule has 0 radical (unpaired) electrons. The zero-order valence-corrected chi connectivity index (χ0v) is 12.2. The molecule has 0 spiro atoms. The van der Waals surface area contributed by atoms with Crippen LogP contribution in [0.5, 0.6) is 0 Å². The minimum Gasteiger partial charge on any atom is -0.392 e. The van der Waals surface area contributed by atoms with Crippen molar-refractivity contribution in [3.05, 3.63) is 65.4 Å². The Morgan fingerprint density at radius 2 is 1.95 bits per heavy atom. The standard InChI is InChI=1S/C18H17N3O/c22-12-13-3-1-6-16(9-13)18-11-21(20-19-18)17-8-7-14-4-2-5-15(14)10-17/h1,3,6-11,22H,2,4-5,12H2. The van der Waals surface area contributed by atoms with Crippen LogP contribution < -0.4 is 0 Å². The fourth-order valence-electron chi connectivity index (χ4n) is 3.05. The van der Waals surface area contributed by atoms with Gasteiger partial charge in [-0.2, -0.15) is 0 Å². The number of aromatic nitrogens is 3. The number of nitrogens with zero attached hydrogens (tertiary/aromatic N) is 3. The lowest BCUT2D eigenvalue weighted by atomic mass is 10.1. The molecular weight excluding hydrogens is 274 g/mol. The molecule has 2 aromatic carbocycles. The van der Waals surface area contributed by atoms with Gasteiger partial charge >= 0.3 is 0 Å². The van der Waals surface area contributed by atoms with Gasteiger partial charge in [-0.15, -0.1) is 5.10 Å². The van der Waals surface area contributed by atoms with Gasteiger partial charge in [0.05, 0.1) is 18.5 Å². The molecular formula is C18H17N3O. The first-order chi connectivity index (χ1) is 10.8. The van der Waals surface area contributed by atoms with E-state index in [1.807, 2.05) is 35.1 Å². The first kappa shape index (κ1) is 13.2. The Morgan fingerprint density at radius 1 is 1.05 bits per heavy atom. The monoisotopic (exact) mass is 291 g/mol. The van der Waals surface area contributed by atoms with Gasteiger partial charge in [0.25, 0.3) is 0 Å². The van der Waals surface area contributed by atoms with Gasteiger partial charge < -0.3 is 5.11 Å². The maximum atomic E-state index is 9.24. The summed E-state index contributed by atoms with van der Waals surface area (Å²) in [6.45, 7) is 0.0345. The van der Waals surface area contributed by atoms with Gasteiger partial charge in [0.1, 0.15) is 5.69 Å². The number of aliphatic hydroxyl groups excluding tert-OH is 1. The predicted octanol–water partition coefficient (Wildman–Crippen LogP) is 2.92. The molecule has 1 aromatic heterocycles. The van der Waals surface area contributed by atoms with Crippen molar-refractivity contribution < 1.29 is 5.11 Å². The Bertz CT molecular complexity index is 823. The summed E-state index contributed by atoms with van der Waals surface area (Å²) in [5.74, 6) is 0. The number of hydrogen-bond acceptors (Lipinski definition) is 3. The summed E-state index contributed by atoms with van der Waals surface area (Å²) in [6.07, 6.45) is 5.53. The molecule has 1 aliphatic carbocycles. The van der Waals surface area contributed by atoms with E-state index in [-0.39, 0.29) is 6.61 Å². The Hall–Kier alpha value is -2.46. The number of rotatable bonds is 3.